The van der Waals surface area contributed by atoms with Gasteiger partial charge in [0.05, 0.1) is 0 Å². The molecule has 2 rings (SSSR count). The number of hydrogen-bond acceptors (Lipinski definition) is 4. The Labute approximate surface area is 146 Å². The third-order valence-corrected chi connectivity index (χ3v) is 3.72. The molecule has 0 unspecified atom stereocenters. The number of rotatable bonds is 7. The van der Waals surface area contributed by atoms with Gasteiger partial charge < -0.3 is 15.1 Å². The maximum atomic E-state index is 13.5. The Balaban J connectivity index is 2.24. The van der Waals surface area contributed by atoms with Crippen molar-refractivity contribution in [1.29, 1.82) is 0 Å². The molecule has 0 atom stereocenters. The van der Waals surface area contributed by atoms with E-state index >= 15 is 0 Å². The highest BCUT2D eigenvalue weighted by Crippen LogP contribution is 2.15. The Morgan fingerprint density at radius 1 is 1.12 bits per heavy atom. The molecule has 1 N–H and O–H groups in total. The van der Waals surface area contributed by atoms with Crippen molar-refractivity contribution >= 4 is 11.7 Å². The number of nitrogens with one attached hydrogen (secondary N) is 1. The SMILES string of the molecule is CNc1cc(C(=O)N(CCN(C)C)Cc2ccc(F)c(F)c2)ccn1. The fraction of sp³-hybridized carbons (Fsp3) is 0.333. The normalized spacial score (nSPS) is 10.8. The van der Waals surface area contributed by atoms with E-state index in [1.807, 2.05) is 19.0 Å². The Kier molecular flexibility index (Phi) is 6.41. The zero-order valence-corrected chi connectivity index (χ0v) is 14.6. The molecule has 1 heterocycles. The van der Waals surface area contributed by atoms with Crippen LogP contribution in [-0.4, -0.2) is 54.9 Å². The number of pyridine rings is 1. The maximum Gasteiger partial charge on any atom is 0.254 e. The monoisotopic (exact) mass is 348 g/mol. The van der Waals surface area contributed by atoms with Crippen molar-refractivity contribution in [3.05, 3.63) is 59.3 Å². The van der Waals surface area contributed by atoms with Crippen LogP contribution in [0.3, 0.4) is 0 Å². The van der Waals surface area contributed by atoms with E-state index in [1.165, 1.54) is 6.07 Å². The van der Waals surface area contributed by atoms with Crippen LogP contribution in [0.1, 0.15) is 15.9 Å². The van der Waals surface area contributed by atoms with Gasteiger partial charge in [-0.15, -0.1) is 0 Å². The number of amides is 1. The van der Waals surface area contributed by atoms with E-state index in [9.17, 15) is 13.6 Å². The fourth-order valence-corrected chi connectivity index (χ4v) is 2.31. The van der Waals surface area contributed by atoms with Gasteiger partial charge in [0, 0.05) is 38.4 Å². The average molecular weight is 348 g/mol. The first kappa shape index (κ1) is 18.8. The van der Waals surface area contributed by atoms with E-state index in [0.717, 1.165) is 12.1 Å². The number of benzene rings is 1. The molecule has 0 aliphatic rings. The first-order valence-corrected chi connectivity index (χ1v) is 7.92. The lowest BCUT2D eigenvalue weighted by atomic mass is 10.1. The Bertz CT molecular complexity index is 737. The maximum absolute atomic E-state index is 13.5. The summed E-state index contributed by atoms with van der Waals surface area (Å²) in [5.41, 5.74) is 1.02. The molecule has 0 saturated heterocycles. The molecule has 1 aromatic heterocycles. The molecule has 2 aromatic rings. The lowest BCUT2D eigenvalue weighted by molar-refractivity contribution is 0.0731. The molecule has 0 aliphatic heterocycles. The van der Waals surface area contributed by atoms with Crippen molar-refractivity contribution < 1.29 is 13.6 Å². The van der Waals surface area contributed by atoms with Crippen LogP contribution in [0, 0.1) is 11.6 Å². The predicted octanol–water partition coefficient (Wildman–Crippen LogP) is 2.61. The first-order valence-electron chi connectivity index (χ1n) is 7.92. The number of carbonyl (C=O) groups is 1. The summed E-state index contributed by atoms with van der Waals surface area (Å²) in [6.45, 7) is 1.31. The van der Waals surface area contributed by atoms with Gasteiger partial charge in [0.25, 0.3) is 5.91 Å². The van der Waals surface area contributed by atoms with Gasteiger partial charge in [-0.2, -0.15) is 0 Å². The molecule has 5 nitrogen and oxygen atoms in total. The van der Waals surface area contributed by atoms with Gasteiger partial charge in [0.1, 0.15) is 5.82 Å². The summed E-state index contributed by atoms with van der Waals surface area (Å²) < 4.78 is 26.6. The standard InChI is InChI=1S/C18H22F2N4O/c1-21-17-11-14(6-7-22-17)18(25)24(9-8-23(2)3)12-13-4-5-15(19)16(20)10-13/h4-7,10-11H,8-9,12H2,1-3H3,(H,21,22). The van der Waals surface area contributed by atoms with E-state index < -0.39 is 11.6 Å². The summed E-state index contributed by atoms with van der Waals surface area (Å²) in [6, 6.07) is 6.98. The van der Waals surface area contributed by atoms with Crippen molar-refractivity contribution in [3.8, 4) is 0 Å². The summed E-state index contributed by atoms with van der Waals surface area (Å²) in [6.07, 6.45) is 1.56. The number of carbonyl (C=O) groups excluding carboxylic acids is 1. The van der Waals surface area contributed by atoms with Gasteiger partial charge in [-0.3, -0.25) is 4.79 Å². The van der Waals surface area contributed by atoms with Gasteiger partial charge in [-0.25, -0.2) is 13.8 Å². The van der Waals surface area contributed by atoms with E-state index in [1.54, 1.807) is 30.3 Å². The average Bonchev–Trinajstić information content (AvgIpc) is 2.60. The van der Waals surface area contributed by atoms with Crippen LogP contribution in [0.4, 0.5) is 14.6 Å². The largest absolute Gasteiger partial charge is 0.373 e. The van der Waals surface area contributed by atoms with Crippen LogP contribution < -0.4 is 5.32 Å². The lowest BCUT2D eigenvalue weighted by Gasteiger charge is -2.25. The molecule has 7 heteroatoms. The number of anilines is 1. The minimum atomic E-state index is -0.918. The van der Waals surface area contributed by atoms with Gasteiger partial charge in [-0.1, -0.05) is 6.07 Å². The third kappa shape index (κ3) is 5.22. The quantitative estimate of drug-likeness (QED) is 0.836. The molecular formula is C18H22F2N4O. The highest BCUT2D eigenvalue weighted by molar-refractivity contribution is 5.94. The third-order valence-electron chi connectivity index (χ3n) is 3.72. The summed E-state index contributed by atoms with van der Waals surface area (Å²) in [7, 11) is 5.54. The second-order valence-electron chi connectivity index (χ2n) is 5.96. The van der Waals surface area contributed by atoms with E-state index in [-0.39, 0.29) is 12.5 Å². The number of hydrogen-bond donors (Lipinski definition) is 1. The van der Waals surface area contributed by atoms with Crippen LogP contribution in [0.15, 0.2) is 36.5 Å². The van der Waals surface area contributed by atoms with Crippen LogP contribution in [0.2, 0.25) is 0 Å². The van der Waals surface area contributed by atoms with Crippen molar-refractivity contribution in [2.75, 3.05) is 39.5 Å². The van der Waals surface area contributed by atoms with Crippen molar-refractivity contribution in [2.24, 2.45) is 0 Å². The molecule has 0 radical (unpaired) electrons. The highest BCUT2D eigenvalue weighted by atomic mass is 19.2. The summed E-state index contributed by atoms with van der Waals surface area (Å²) in [4.78, 5) is 20.5. The van der Waals surface area contributed by atoms with Crippen LogP contribution in [0.25, 0.3) is 0 Å². The summed E-state index contributed by atoms with van der Waals surface area (Å²) in [5.74, 6) is -1.42. The molecule has 1 aromatic carbocycles. The Hall–Kier alpha value is -2.54. The minimum Gasteiger partial charge on any atom is -0.373 e. The molecule has 1 amide bonds. The Morgan fingerprint density at radius 2 is 1.88 bits per heavy atom. The summed E-state index contributed by atoms with van der Waals surface area (Å²) >= 11 is 0. The zero-order valence-electron chi connectivity index (χ0n) is 14.6. The molecule has 134 valence electrons. The number of nitrogens with zero attached hydrogens (tertiary/aromatic N) is 3. The topological polar surface area (TPSA) is 48.5 Å². The number of aromatic nitrogens is 1. The molecule has 0 aliphatic carbocycles. The highest BCUT2D eigenvalue weighted by Gasteiger charge is 2.18. The van der Waals surface area contributed by atoms with Crippen molar-refractivity contribution in [2.45, 2.75) is 6.54 Å². The predicted molar refractivity (Wildman–Crippen MR) is 93.4 cm³/mol. The van der Waals surface area contributed by atoms with Gasteiger partial charge >= 0.3 is 0 Å². The van der Waals surface area contributed by atoms with E-state index in [2.05, 4.69) is 10.3 Å². The van der Waals surface area contributed by atoms with Gasteiger partial charge in [0.15, 0.2) is 11.6 Å². The van der Waals surface area contributed by atoms with Gasteiger partial charge in [0.2, 0.25) is 0 Å². The van der Waals surface area contributed by atoms with Crippen molar-refractivity contribution in [1.82, 2.24) is 14.8 Å². The molecule has 0 saturated carbocycles. The number of halogens is 2. The molecule has 0 spiro atoms. The number of likely N-dealkylation sites (N-methyl/N-ethyl adjacent to an activating group) is 1. The molecule has 0 bridgehead atoms. The summed E-state index contributed by atoms with van der Waals surface area (Å²) in [5, 5.41) is 2.89. The second kappa shape index (κ2) is 8.53. The fourth-order valence-electron chi connectivity index (χ4n) is 2.31. The van der Waals surface area contributed by atoms with Crippen molar-refractivity contribution in [3.63, 3.8) is 0 Å². The molecule has 0 fully saturated rings. The Morgan fingerprint density at radius 3 is 2.52 bits per heavy atom. The lowest BCUT2D eigenvalue weighted by Crippen LogP contribution is -2.36. The zero-order chi connectivity index (χ0) is 18.4. The minimum absolute atomic E-state index is 0.189. The van der Waals surface area contributed by atoms with Crippen LogP contribution in [0.5, 0.6) is 0 Å². The van der Waals surface area contributed by atoms with Gasteiger partial charge in [-0.05, 0) is 43.9 Å². The second-order valence-corrected chi connectivity index (χ2v) is 5.96. The molecular weight excluding hydrogens is 326 g/mol. The first-order chi connectivity index (χ1) is 11.9. The van der Waals surface area contributed by atoms with E-state index in [0.29, 0.717) is 30.0 Å². The van der Waals surface area contributed by atoms with E-state index in [4.69, 9.17) is 0 Å². The van der Waals surface area contributed by atoms with Crippen LogP contribution >= 0.6 is 0 Å². The molecule has 25 heavy (non-hydrogen) atoms. The smallest absolute Gasteiger partial charge is 0.254 e. The van der Waals surface area contributed by atoms with Crippen LogP contribution in [-0.2, 0) is 6.54 Å².